The minimum Gasteiger partial charge on any atom is -0.452 e. The van der Waals surface area contributed by atoms with Crippen molar-refractivity contribution in [3.05, 3.63) is 17.8 Å². The van der Waals surface area contributed by atoms with E-state index in [0.717, 1.165) is 0 Å². The molecule has 4 heteroatoms. The van der Waals surface area contributed by atoms with Crippen LogP contribution < -0.4 is 9.47 Å². The summed E-state index contributed by atoms with van der Waals surface area (Å²) in [4.78, 5) is 3.86. The van der Waals surface area contributed by atoms with Crippen molar-refractivity contribution in [1.82, 2.24) is 4.98 Å². The number of ether oxygens (including phenoxy) is 2. The fraction of sp³-hybridized carbons (Fsp3) is 0.143. The summed E-state index contributed by atoms with van der Waals surface area (Å²) in [5.74, 6) is 1.01. The van der Waals surface area contributed by atoms with Gasteiger partial charge >= 0.3 is 0 Å². The Hall–Kier alpha value is -1.76. The second-order valence-corrected chi connectivity index (χ2v) is 2.05. The van der Waals surface area contributed by atoms with Gasteiger partial charge in [0.1, 0.15) is 6.07 Å². The van der Waals surface area contributed by atoms with Crippen LogP contribution in [0, 0.1) is 11.3 Å². The van der Waals surface area contributed by atoms with Gasteiger partial charge in [-0.1, -0.05) is 0 Å². The Kier molecular flexibility index (Phi) is 1.16. The number of hydrogen-bond acceptors (Lipinski definition) is 4. The van der Waals surface area contributed by atoms with E-state index >= 15 is 0 Å². The predicted octanol–water partition coefficient (Wildman–Crippen LogP) is 0.682. The molecular formula is C7H4N2O2. The third-order valence-electron chi connectivity index (χ3n) is 1.36. The summed E-state index contributed by atoms with van der Waals surface area (Å²) in [6, 6.07) is 3.57. The van der Waals surface area contributed by atoms with Gasteiger partial charge in [-0.25, -0.2) is 4.98 Å². The number of rotatable bonds is 0. The van der Waals surface area contributed by atoms with Crippen molar-refractivity contribution < 1.29 is 9.47 Å². The number of fused-ring (bicyclic) bond motifs is 1. The first-order valence-electron chi connectivity index (χ1n) is 3.06. The second-order valence-electron chi connectivity index (χ2n) is 2.05. The number of nitriles is 1. The maximum atomic E-state index is 8.48. The van der Waals surface area contributed by atoms with E-state index in [-0.39, 0.29) is 6.79 Å². The van der Waals surface area contributed by atoms with E-state index in [4.69, 9.17) is 14.7 Å². The molecule has 1 aliphatic heterocycles. The number of hydrogen-bond donors (Lipinski definition) is 0. The van der Waals surface area contributed by atoms with Gasteiger partial charge in [0.05, 0.1) is 5.56 Å². The summed E-state index contributed by atoms with van der Waals surface area (Å²) in [7, 11) is 0. The van der Waals surface area contributed by atoms with Crippen LogP contribution in [-0.2, 0) is 0 Å². The van der Waals surface area contributed by atoms with Gasteiger partial charge in [-0.15, -0.1) is 0 Å². The highest BCUT2D eigenvalue weighted by atomic mass is 16.7. The van der Waals surface area contributed by atoms with Crippen molar-refractivity contribution in [2.75, 3.05) is 6.79 Å². The molecule has 2 rings (SSSR count). The monoisotopic (exact) mass is 148 g/mol. The molecule has 0 aliphatic carbocycles. The van der Waals surface area contributed by atoms with Crippen LogP contribution in [0.5, 0.6) is 11.6 Å². The van der Waals surface area contributed by atoms with Gasteiger partial charge in [-0.3, -0.25) is 0 Å². The summed E-state index contributed by atoms with van der Waals surface area (Å²) >= 11 is 0. The van der Waals surface area contributed by atoms with Crippen LogP contribution in [0.1, 0.15) is 5.56 Å². The van der Waals surface area contributed by atoms with E-state index in [2.05, 4.69) is 4.98 Å². The predicted molar refractivity (Wildman–Crippen MR) is 35.1 cm³/mol. The van der Waals surface area contributed by atoms with Gasteiger partial charge < -0.3 is 9.47 Å². The van der Waals surface area contributed by atoms with Crippen LogP contribution in [0.2, 0.25) is 0 Å². The molecule has 11 heavy (non-hydrogen) atoms. The summed E-state index contributed by atoms with van der Waals surface area (Å²) in [6.07, 6.45) is 1.45. The molecule has 0 saturated carbocycles. The van der Waals surface area contributed by atoms with Gasteiger partial charge in [0.15, 0.2) is 5.75 Å². The van der Waals surface area contributed by atoms with E-state index in [1.807, 2.05) is 6.07 Å². The quantitative estimate of drug-likeness (QED) is 0.543. The lowest BCUT2D eigenvalue weighted by atomic mass is 10.3. The zero-order valence-electron chi connectivity index (χ0n) is 5.57. The standard InChI is InChI=1S/C7H4N2O2/c8-2-5-1-6-7(9-3-5)11-4-10-6/h1,3H,4H2. The molecule has 1 aromatic heterocycles. The lowest BCUT2D eigenvalue weighted by Gasteiger charge is -1.92. The summed E-state index contributed by atoms with van der Waals surface area (Å²) < 4.78 is 9.96. The van der Waals surface area contributed by atoms with E-state index in [1.54, 1.807) is 6.07 Å². The van der Waals surface area contributed by atoms with Gasteiger partial charge in [-0.2, -0.15) is 5.26 Å². The molecule has 0 N–H and O–H groups in total. The number of nitrogens with zero attached hydrogens (tertiary/aromatic N) is 2. The average Bonchev–Trinajstić information content (AvgIpc) is 2.50. The molecule has 0 bridgehead atoms. The fourth-order valence-electron chi connectivity index (χ4n) is 0.854. The molecule has 0 spiro atoms. The molecule has 0 fully saturated rings. The van der Waals surface area contributed by atoms with E-state index in [0.29, 0.717) is 17.2 Å². The van der Waals surface area contributed by atoms with Gasteiger partial charge in [0.2, 0.25) is 6.79 Å². The third kappa shape index (κ3) is 0.867. The minimum absolute atomic E-state index is 0.192. The molecular weight excluding hydrogens is 144 g/mol. The summed E-state index contributed by atoms with van der Waals surface area (Å²) in [5, 5.41) is 8.48. The van der Waals surface area contributed by atoms with Crippen molar-refractivity contribution in [3.8, 4) is 17.7 Å². The van der Waals surface area contributed by atoms with Crippen molar-refractivity contribution in [2.45, 2.75) is 0 Å². The highest BCUT2D eigenvalue weighted by molar-refractivity contribution is 5.42. The molecule has 1 aliphatic rings. The Balaban J connectivity index is 2.51. The minimum atomic E-state index is 0.192. The molecule has 1 aromatic rings. The lowest BCUT2D eigenvalue weighted by Crippen LogP contribution is -1.93. The first kappa shape index (κ1) is 5.98. The van der Waals surface area contributed by atoms with Gasteiger partial charge in [0, 0.05) is 12.3 Å². The van der Waals surface area contributed by atoms with Crippen molar-refractivity contribution >= 4 is 0 Å². The molecule has 54 valence electrons. The Morgan fingerprint density at radius 3 is 3.27 bits per heavy atom. The molecule has 0 amide bonds. The summed E-state index contributed by atoms with van der Waals surface area (Å²) in [6.45, 7) is 0.192. The van der Waals surface area contributed by atoms with Crippen molar-refractivity contribution in [2.24, 2.45) is 0 Å². The van der Waals surface area contributed by atoms with E-state index in [9.17, 15) is 0 Å². The molecule has 0 atom stereocenters. The average molecular weight is 148 g/mol. The molecule has 0 saturated heterocycles. The molecule has 0 aromatic carbocycles. The van der Waals surface area contributed by atoms with Crippen molar-refractivity contribution in [1.29, 1.82) is 5.26 Å². The van der Waals surface area contributed by atoms with Crippen LogP contribution in [0.15, 0.2) is 12.3 Å². The highest BCUT2D eigenvalue weighted by Gasteiger charge is 2.14. The zero-order chi connectivity index (χ0) is 7.68. The zero-order valence-corrected chi connectivity index (χ0v) is 5.57. The Morgan fingerprint density at radius 1 is 1.55 bits per heavy atom. The number of pyridine rings is 1. The first-order valence-corrected chi connectivity index (χ1v) is 3.06. The summed E-state index contributed by atoms with van der Waals surface area (Å²) in [5.41, 5.74) is 0.481. The Bertz CT molecular complexity index is 330. The topological polar surface area (TPSA) is 55.1 Å². The van der Waals surface area contributed by atoms with Crippen molar-refractivity contribution in [3.63, 3.8) is 0 Å². The maximum Gasteiger partial charge on any atom is 0.260 e. The lowest BCUT2D eigenvalue weighted by molar-refractivity contribution is 0.171. The van der Waals surface area contributed by atoms with Crippen LogP contribution in [0.4, 0.5) is 0 Å². The molecule has 0 unspecified atom stereocenters. The largest absolute Gasteiger partial charge is 0.452 e. The first-order chi connectivity index (χ1) is 5.40. The SMILES string of the molecule is N#Cc1cnc2c(c1)OCO2. The van der Waals surface area contributed by atoms with Gasteiger partial charge in [0.25, 0.3) is 5.88 Å². The fourth-order valence-corrected chi connectivity index (χ4v) is 0.854. The van der Waals surface area contributed by atoms with Crippen LogP contribution in [0.3, 0.4) is 0 Å². The van der Waals surface area contributed by atoms with E-state index < -0.39 is 0 Å². The number of aromatic nitrogens is 1. The maximum absolute atomic E-state index is 8.48. The van der Waals surface area contributed by atoms with Crippen LogP contribution >= 0.6 is 0 Å². The second kappa shape index (κ2) is 2.13. The van der Waals surface area contributed by atoms with Gasteiger partial charge in [-0.05, 0) is 0 Å². The van der Waals surface area contributed by atoms with Crippen LogP contribution in [-0.4, -0.2) is 11.8 Å². The normalized spacial score (nSPS) is 12.6. The Morgan fingerprint density at radius 2 is 2.45 bits per heavy atom. The van der Waals surface area contributed by atoms with E-state index in [1.165, 1.54) is 6.20 Å². The third-order valence-corrected chi connectivity index (χ3v) is 1.36. The molecule has 0 radical (unpaired) electrons. The Labute approximate surface area is 63.0 Å². The smallest absolute Gasteiger partial charge is 0.260 e. The highest BCUT2D eigenvalue weighted by Crippen LogP contribution is 2.29. The van der Waals surface area contributed by atoms with Crippen LogP contribution in [0.25, 0.3) is 0 Å². The molecule has 4 nitrogen and oxygen atoms in total. The molecule has 2 heterocycles.